The monoisotopic (exact) mass is 357 g/mol. The Bertz CT molecular complexity index is 776. The lowest BCUT2D eigenvalue weighted by Crippen LogP contribution is -1.92. The van der Waals surface area contributed by atoms with Crippen molar-refractivity contribution in [2.24, 2.45) is 0 Å². The lowest BCUT2D eigenvalue weighted by atomic mass is 10.3. The van der Waals surface area contributed by atoms with Gasteiger partial charge < -0.3 is 5.32 Å². The Labute approximate surface area is 150 Å². The zero-order valence-corrected chi connectivity index (χ0v) is 15.0. The Morgan fingerprint density at radius 1 is 0.739 bits per heavy atom. The van der Waals surface area contributed by atoms with E-state index in [1.54, 1.807) is 23.5 Å². The van der Waals surface area contributed by atoms with E-state index in [1.165, 1.54) is 14.7 Å². The van der Waals surface area contributed by atoms with Gasteiger partial charge in [-0.1, -0.05) is 71.5 Å². The minimum absolute atomic E-state index is 0.764. The lowest BCUT2D eigenvalue weighted by molar-refractivity contribution is 1.29. The van der Waals surface area contributed by atoms with E-state index < -0.39 is 0 Å². The largest absolute Gasteiger partial charge is 0.387 e. The molecule has 0 saturated heterocycles. The average Bonchev–Trinajstić information content (AvgIpc) is 2.59. The first-order chi connectivity index (χ1) is 11.3. The van der Waals surface area contributed by atoms with Crippen LogP contribution >= 0.6 is 35.1 Å². The van der Waals surface area contributed by atoms with Gasteiger partial charge in [0.1, 0.15) is 0 Å². The molecule has 0 aliphatic rings. The molecule has 23 heavy (non-hydrogen) atoms. The van der Waals surface area contributed by atoms with Crippen LogP contribution < -0.4 is 5.32 Å². The number of anilines is 1. The summed E-state index contributed by atoms with van der Waals surface area (Å²) >= 11 is 9.89. The number of benzene rings is 3. The third-order valence-corrected chi connectivity index (χ3v) is 5.80. The molecular weight excluding hydrogens is 342 g/mol. The van der Waals surface area contributed by atoms with E-state index in [0.29, 0.717) is 0 Å². The van der Waals surface area contributed by atoms with Crippen LogP contribution in [0.4, 0.5) is 5.69 Å². The number of hydrogen-bond acceptors (Lipinski definition) is 3. The van der Waals surface area contributed by atoms with E-state index in [-0.39, 0.29) is 0 Å². The summed E-state index contributed by atoms with van der Waals surface area (Å²) in [4.78, 5) is 4.63. The average molecular weight is 358 g/mol. The van der Waals surface area contributed by atoms with Crippen LogP contribution in [0.3, 0.4) is 0 Å². The van der Waals surface area contributed by atoms with Crippen LogP contribution in [0.2, 0.25) is 5.02 Å². The summed E-state index contributed by atoms with van der Waals surface area (Å²) in [6, 6.07) is 24.8. The summed E-state index contributed by atoms with van der Waals surface area (Å²) in [5, 5.41) is 4.00. The molecule has 0 radical (unpaired) electrons. The molecule has 0 aliphatic heterocycles. The number of halogens is 1. The van der Waals surface area contributed by atoms with Gasteiger partial charge in [-0.05, 0) is 36.4 Å². The van der Waals surface area contributed by atoms with Crippen molar-refractivity contribution < 1.29 is 0 Å². The van der Waals surface area contributed by atoms with E-state index in [9.17, 15) is 0 Å². The molecule has 3 aromatic rings. The van der Waals surface area contributed by atoms with Crippen molar-refractivity contribution >= 4 is 40.8 Å². The van der Waals surface area contributed by atoms with Crippen LogP contribution in [0.25, 0.3) is 0 Å². The molecule has 4 heteroatoms. The number of rotatable bonds is 5. The first-order valence-corrected chi connectivity index (χ1v) is 9.24. The SMILES string of the molecule is CNc1cc(Cl)c(Sc2ccccc2)cc1Sc1ccccc1. The van der Waals surface area contributed by atoms with Crippen LogP contribution in [0.1, 0.15) is 0 Å². The Hall–Kier alpha value is -1.55. The highest BCUT2D eigenvalue weighted by molar-refractivity contribution is 8.00. The Kier molecular flexibility index (Phi) is 5.55. The van der Waals surface area contributed by atoms with Crippen LogP contribution in [0.15, 0.2) is 92.4 Å². The summed E-state index contributed by atoms with van der Waals surface area (Å²) in [5.74, 6) is 0. The van der Waals surface area contributed by atoms with Crippen molar-refractivity contribution in [3.05, 3.63) is 77.8 Å². The summed E-state index contributed by atoms with van der Waals surface area (Å²) < 4.78 is 0. The Morgan fingerprint density at radius 3 is 1.78 bits per heavy atom. The fraction of sp³-hybridized carbons (Fsp3) is 0.0526. The molecule has 3 rings (SSSR count). The zero-order valence-electron chi connectivity index (χ0n) is 12.6. The fourth-order valence-electron chi connectivity index (χ4n) is 2.12. The quantitative estimate of drug-likeness (QED) is 0.546. The molecule has 0 heterocycles. The molecule has 0 saturated carbocycles. The summed E-state index contributed by atoms with van der Waals surface area (Å²) in [6.45, 7) is 0. The second kappa shape index (κ2) is 7.82. The van der Waals surface area contributed by atoms with Crippen molar-refractivity contribution in [3.63, 3.8) is 0 Å². The summed E-state index contributed by atoms with van der Waals surface area (Å²) in [5.41, 5.74) is 1.04. The van der Waals surface area contributed by atoms with Crippen molar-refractivity contribution in [2.45, 2.75) is 19.6 Å². The third-order valence-electron chi connectivity index (χ3n) is 3.25. The van der Waals surface area contributed by atoms with Crippen molar-refractivity contribution in [1.82, 2.24) is 0 Å². The Morgan fingerprint density at radius 2 is 1.26 bits per heavy atom. The van der Waals surface area contributed by atoms with Crippen molar-refractivity contribution in [1.29, 1.82) is 0 Å². The highest BCUT2D eigenvalue weighted by Crippen LogP contribution is 2.41. The Balaban J connectivity index is 1.93. The summed E-state index contributed by atoms with van der Waals surface area (Å²) in [7, 11) is 1.92. The highest BCUT2D eigenvalue weighted by atomic mass is 35.5. The van der Waals surface area contributed by atoms with Gasteiger partial charge in [0.2, 0.25) is 0 Å². The van der Waals surface area contributed by atoms with Gasteiger partial charge in [-0.25, -0.2) is 0 Å². The summed E-state index contributed by atoms with van der Waals surface area (Å²) in [6.07, 6.45) is 0. The molecule has 0 amide bonds. The predicted molar refractivity (Wildman–Crippen MR) is 102 cm³/mol. The van der Waals surface area contributed by atoms with Gasteiger partial charge in [0.25, 0.3) is 0 Å². The van der Waals surface area contributed by atoms with Gasteiger partial charge in [-0.3, -0.25) is 0 Å². The van der Waals surface area contributed by atoms with Crippen LogP contribution in [-0.4, -0.2) is 7.05 Å². The molecular formula is C19H16ClNS2. The second-order valence-corrected chi connectivity index (χ2v) is 7.50. The smallest absolute Gasteiger partial charge is 0.0566 e. The first kappa shape index (κ1) is 16.3. The molecule has 0 aromatic heterocycles. The molecule has 116 valence electrons. The highest BCUT2D eigenvalue weighted by Gasteiger charge is 2.10. The van der Waals surface area contributed by atoms with E-state index in [1.807, 2.05) is 37.4 Å². The number of nitrogens with one attached hydrogen (secondary N) is 1. The van der Waals surface area contributed by atoms with Gasteiger partial charge in [0.15, 0.2) is 0 Å². The van der Waals surface area contributed by atoms with Crippen LogP contribution in [-0.2, 0) is 0 Å². The normalized spacial score (nSPS) is 10.5. The van der Waals surface area contributed by atoms with Gasteiger partial charge >= 0.3 is 0 Å². The maximum atomic E-state index is 6.46. The maximum Gasteiger partial charge on any atom is 0.0566 e. The fourth-order valence-corrected chi connectivity index (χ4v) is 4.35. The second-order valence-electron chi connectivity index (χ2n) is 4.86. The molecule has 0 bridgehead atoms. The maximum absolute atomic E-state index is 6.46. The van der Waals surface area contributed by atoms with Crippen LogP contribution in [0, 0.1) is 0 Å². The molecule has 3 aromatic carbocycles. The van der Waals surface area contributed by atoms with Gasteiger partial charge in [0.05, 0.1) is 5.02 Å². The van der Waals surface area contributed by atoms with E-state index in [2.05, 4.69) is 47.8 Å². The van der Waals surface area contributed by atoms with Gasteiger partial charge in [-0.15, -0.1) is 0 Å². The van der Waals surface area contributed by atoms with E-state index >= 15 is 0 Å². The third kappa shape index (κ3) is 4.25. The topological polar surface area (TPSA) is 12.0 Å². The van der Waals surface area contributed by atoms with Crippen LogP contribution in [0.5, 0.6) is 0 Å². The van der Waals surface area contributed by atoms with Gasteiger partial charge in [-0.2, -0.15) is 0 Å². The van der Waals surface area contributed by atoms with E-state index in [0.717, 1.165) is 15.6 Å². The first-order valence-electron chi connectivity index (χ1n) is 7.23. The van der Waals surface area contributed by atoms with Crippen molar-refractivity contribution in [2.75, 3.05) is 12.4 Å². The van der Waals surface area contributed by atoms with Gasteiger partial charge in [0, 0.05) is 32.3 Å². The lowest BCUT2D eigenvalue weighted by Gasteiger charge is -2.13. The minimum Gasteiger partial charge on any atom is -0.387 e. The van der Waals surface area contributed by atoms with E-state index in [4.69, 9.17) is 11.6 Å². The minimum atomic E-state index is 0.764. The molecule has 0 atom stereocenters. The zero-order chi connectivity index (χ0) is 16.1. The molecule has 1 nitrogen and oxygen atoms in total. The molecule has 0 fully saturated rings. The molecule has 0 aliphatic carbocycles. The molecule has 0 unspecified atom stereocenters. The molecule has 0 spiro atoms. The predicted octanol–water partition coefficient (Wildman–Crippen LogP) is 6.68. The standard InChI is InChI=1S/C19H16ClNS2/c1-21-17-12-16(20)18(22-14-8-4-2-5-9-14)13-19(17)23-15-10-6-3-7-11-15/h2-13,21H,1H3. The molecule has 1 N–H and O–H groups in total. The van der Waals surface area contributed by atoms with Crippen molar-refractivity contribution in [3.8, 4) is 0 Å². The number of hydrogen-bond donors (Lipinski definition) is 1.